The Balaban J connectivity index is 3.09. The van der Waals surface area contributed by atoms with E-state index in [9.17, 15) is 18.0 Å². The summed E-state index contributed by atoms with van der Waals surface area (Å²) in [5.41, 5.74) is 5.73. The van der Waals surface area contributed by atoms with Gasteiger partial charge in [-0.3, -0.25) is 4.79 Å². The van der Waals surface area contributed by atoms with Crippen molar-refractivity contribution < 1.29 is 18.0 Å². The smallest absolute Gasteiger partial charge is 0.397 e. The average Bonchev–Trinajstić information content (AvgIpc) is 2.20. The number of carbonyl (C=O) groups excluding carboxylic acids is 1. The normalized spacial score (nSPS) is 11.2. The first-order valence-corrected chi connectivity index (χ1v) is 4.61. The average molecular weight is 232 g/mol. The molecule has 0 fully saturated rings. The number of hydrogen-bond acceptors (Lipinski definition) is 2. The van der Waals surface area contributed by atoms with E-state index in [1.165, 1.54) is 25.1 Å². The quantitative estimate of drug-likeness (QED) is 0.794. The van der Waals surface area contributed by atoms with Crippen LogP contribution in [0.15, 0.2) is 24.3 Å². The fourth-order valence-electron chi connectivity index (χ4n) is 1.31. The van der Waals surface area contributed by atoms with Gasteiger partial charge in [-0.2, -0.15) is 13.2 Å². The summed E-state index contributed by atoms with van der Waals surface area (Å²) in [5.74, 6) is -1.91. The molecular formula is C10H11F3N2O. The number of carbonyl (C=O) groups is 1. The summed E-state index contributed by atoms with van der Waals surface area (Å²) >= 11 is 0. The van der Waals surface area contributed by atoms with Crippen molar-refractivity contribution in [2.45, 2.75) is 13.1 Å². The highest BCUT2D eigenvalue weighted by atomic mass is 19.4. The minimum Gasteiger partial charge on any atom is -0.397 e. The van der Waals surface area contributed by atoms with Crippen LogP contribution in [0, 0.1) is 0 Å². The summed E-state index contributed by atoms with van der Waals surface area (Å²) in [4.78, 5) is 11.7. The maximum atomic E-state index is 12.3. The van der Waals surface area contributed by atoms with E-state index in [1.807, 2.05) is 0 Å². The van der Waals surface area contributed by atoms with Gasteiger partial charge in [0, 0.05) is 6.54 Å². The van der Waals surface area contributed by atoms with Gasteiger partial charge in [0.15, 0.2) is 0 Å². The predicted octanol–water partition coefficient (Wildman–Crippen LogP) is 2.18. The third-order valence-electron chi connectivity index (χ3n) is 2.03. The SMILES string of the molecule is CCN(C(=O)C(F)(F)F)c1ccccc1N. The zero-order chi connectivity index (χ0) is 12.3. The highest BCUT2D eigenvalue weighted by molar-refractivity contribution is 5.99. The summed E-state index contributed by atoms with van der Waals surface area (Å²) in [7, 11) is 0. The van der Waals surface area contributed by atoms with Crippen molar-refractivity contribution >= 4 is 17.3 Å². The van der Waals surface area contributed by atoms with Crippen molar-refractivity contribution in [3.05, 3.63) is 24.3 Å². The van der Waals surface area contributed by atoms with E-state index in [-0.39, 0.29) is 17.9 Å². The van der Waals surface area contributed by atoms with E-state index in [0.717, 1.165) is 0 Å². The second-order valence-electron chi connectivity index (χ2n) is 3.11. The highest BCUT2D eigenvalue weighted by Gasteiger charge is 2.42. The Hall–Kier alpha value is -1.72. The largest absolute Gasteiger partial charge is 0.471 e. The Morgan fingerprint density at radius 3 is 2.38 bits per heavy atom. The molecule has 0 unspecified atom stereocenters. The number of nitrogens with two attached hydrogens (primary N) is 1. The summed E-state index contributed by atoms with van der Waals surface area (Å²) in [6, 6.07) is 5.94. The van der Waals surface area contributed by atoms with Gasteiger partial charge in [0.05, 0.1) is 11.4 Å². The number of nitrogens with zero attached hydrogens (tertiary/aromatic N) is 1. The van der Waals surface area contributed by atoms with Crippen molar-refractivity contribution in [1.82, 2.24) is 0 Å². The first-order chi connectivity index (χ1) is 7.38. The molecule has 0 aliphatic rings. The molecule has 0 aliphatic heterocycles. The van der Waals surface area contributed by atoms with E-state index in [4.69, 9.17) is 5.73 Å². The van der Waals surface area contributed by atoms with Gasteiger partial charge in [-0.15, -0.1) is 0 Å². The Labute approximate surface area is 90.6 Å². The lowest BCUT2D eigenvalue weighted by atomic mass is 10.2. The minimum absolute atomic E-state index is 0.0762. The minimum atomic E-state index is -4.89. The zero-order valence-electron chi connectivity index (χ0n) is 8.58. The van der Waals surface area contributed by atoms with Gasteiger partial charge in [-0.1, -0.05) is 12.1 Å². The lowest BCUT2D eigenvalue weighted by molar-refractivity contribution is -0.170. The van der Waals surface area contributed by atoms with Crippen LogP contribution >= 0.6 is 0 Å². The molecule has 6 heteroatoms. The van der Waals surface area contributed by atoms with Crippen LogP contribution in [0.25, 0.3) is 0 Å². The third-order valence-corrected chi connectivity index (χ3v) is 2.03. The van der Waals surface area contributed by atoms with E-state index >= 15 is 0 Å². The Kier molecular flexibility index (Phi) is 3.41. The second kappa shape index (κ2) is 4.42. The van der Waals surface area contributed by atoms with Crippen LogP contribution in [0.1, 0.15) is 6.92 Å². The Morgan fingerprint density at radius 1 is 1.38 bits per heavy atom. The third kappa shape index (κ3) is 2.44. The number of nitrogen functional groups attached to an aromatic ring is 1. The summed E-state index contributed by atoms with van der Waals surface area (Å²) in [6.07, 6.45) is -4.89. The lowest BCUT2D eigenvalue weighted by Gasteiger charge is -2.23. The second-order valence-corrected chi connectivity index (χ2v) is 3.11. The molecule has 0 aliphatic carbocycles. The van der Waals surface area contributed by atoms with E-state index < -0.39 is 12.1 Å². The number of anilines is 2. The standard InChI is InChI=1S/C10H11F3N2O/c1-2-15(9(16)10(11,12)13)8-6-4-3-5-7(8)14/h3-6H,2,14H2,1H3. The van der Waals surface area contributed by atoms with Crippen LogP contribution in [0.2, 0.25) is 0 Å². The van der Waals surface area contributed by atoms with Crippen molar-refractivity contribution in [3.63, 3.8) is 0 Å². The molecule has 88 valence electrons. The van der Waals surface area contributed by atoms with Gasteiger partial charge >= 0.3 is 12.1 Å². The fraction of sp³-hybridized carbons (Fsp3) is 0.300. The van der Waals surface area contributed by atoms with E-state index in [0.29, 0.717) is 4.90 Å². The molecule has 1 aromatic rings. The summed E-state index contributed by atoms with van der Waals surface area (Å²) in [6.45, 7) is 1.36. The number of hydrogen-bond donors (Lipinski definition) is 1. The van der Waals surface area contributed by atoms with Gasteiger partial charge in [0.1, 0.15) is 0 Å². The topological polar surface area (TPSA) is 46.3 Å². The van der Waals surface area contributed by atoms with Crippen molar-refractivity contribution in [2.24, 2.45) is 0 Å². The maximum absolute atomic E-state index is 12.3. The van der Waals surface area contributed by atoms with Gasteiger partial charge in [-0.05, 0) is 19.1 Å². The molecular weight excluding hydrogens is 221 g/mol. The molecule has 0 heterocycles. The molecule has 1 aromatic carbocycles. The van der Waals surface area contributed by atoms with Gasteiger partial charge in [0.25, 0.3) is 0 Å². The van der Waals surface area contributed by atoms with Crippen LogP contribution in [-0.2, 0) is 4.79 Å². The lowest BCUT2D eigenvalue weighted by Crippen LogP contribution is -2.41. The molecule has 2 N–H and O–H groups in total. The van der Waals surface area contributed by atoms with Gasteiger partial charge in [0.2, 0.25) is 0 Å². The first kappa shape index (κ1) is 12.4. The van der Waals surface area contributed by atoms with Crippen LogP contribution in [0.4, 0.5) is 24.5 Å². The molecule has 0 aromatic heterocycles. The van der Waals surface area contributed by atoms with Gasteiger partial charge in [-0.25, -0.2) is 0 Å². The molecule has 0 spiro atoms. The highest BCUT2D eigenvalue weighted by Crippen LogP contribution is 2.27. The molecule has 0 saturated heterocycles. The molecule has 0 bridgehead atoms. The zero-order valence-corrected chi connectivity index (χ0v) is 8.58. The fourth-order valence-corrected chi connectivity index (χ4v) is 1.31. The Morgan fingerprint density at radius 2 is 1.94 bits per heavy atom. The summed E-state index contributed by atoms with van der Waals surface area (Å²) < 4.78 is 36.8. The number of halogens is 3. The van der Waals surface area contributed by atoms with Crippen molar-refractivity contribution in [1.29, 1.82) is 0 Å². The van der Waals surface area contributed by atoms with E-state index in [2.05, 4.69) is 0 Å². The van der Waals surface area contributed by atoms with E-state index in [1.54, 1.807) is 6.07 Å². The van der Waals surface area contributed by atoms with Gasteiger partial charge < -0.3 is 10.6 Å². The number of alkyl halides is 3. The monoisotopic (exact) mass is 232 g/mol. The van der Waals surface area contributed by atoms with Crippen LogP contribution < -0.4 is 10.6 Å². The van der Waals surface area contributed by atoms with Crippen LogP contribution in [0.3, 0.4) is 0 Å². The molecule has 0 radical (unpaired) electrons. The molecule has 1 rings (SSSR count). The Bertz CT molecular complexity index is 390. The molecule has 0 saturated carbocycles. The number of rotatable bonds is 2. The molecule has 1 amide bonds. The predicted molar refractivity (Wildman–Crippen MR) is 54.9 cm³/mol. The molecule has 0 atom stereocenters. The number of amides is 1. The number of para-hydroxylation sites is 2. The number of benzene rings is 1. The van der Waals surface area contributed by atoms with Crippen molar-refractivity contribution in [2.75, 3.05) is 17.2 Å². The first-order valence-electron chi connectivity index (χ1n) is 4.61. The van der Waals surface area contributed by atoms with Crippen LogP contribution in [-0.4, -0.2) is 18.6 Å². The van der Waals surface area contributed by atoms with Crippen molar-refractivity contribution in [3.8, 4) is 0 Å². The maximum Gasteiger partial charge on any atom is 0.471 e. The summed E-state index contributed by atoms with van der Waals surface area (Å²) in [5, 5.41) is 0. The van der Waals surface area contributed by atoms with Crippen LogP contribution in [0.5, 0.6) is 0 Å². The molecule has 16 heavy (non-hydrogen) atoms. The molecule has 3 nitrogen and oxygen atoms in total.